The van der Waals surface area contributed by atoms with Gasteiger partial charge in [-0.2, -0.15) is 21.0 Å². The number of aryl methyl sites for hydroxylation is 3. The number of nitrogens with one attached hydrogen (secondary N) is 9. The minimum atomic E-state index is -4.90. The van der Waals surface area contributed by atoms with Gasteiger partial charge in [0.15, 0.2) is 34.4 Å². The van der Waals surface area contributed by atoms with Crippen LogP contribution in [0, 0.1) is 40.7 Å². The van der Waals surface area contributed by atoms with Crippen LogP contribution in [-0.2, 0) is 78.6 Å². The zero-order valence-electron chi connectivity index (χ0n) is 85.9. The van der Waals surface area contributed by atoms with Crippen LogP contribution >= 0.6 is 0 Å². The van der Waals surface area contributed by atoms with Crippen LogP contribution in [0.1, 0.15) is 293 Å². The second-order valence-electron chi connectivity index (χ2n) is 39.8. The zero-order chi connectivity index (χ0) is 106. The summed E-state index contributed by atoms with van der Waals surface area (Å²) in [5.41, 5.74) is 13.5. The molecule has 0 aliphatic carbocycles. The molecule has 35 nitrogen and oxygen atoms in total. The van der Waals surface area contributed by atoms with Crippen LogP contribution in [0.5, 0.6) is 0 Å². The average Bonchev–Trinajstić information content (AvgIpc) is 1.74. The van der Waals surface area contributed by atoms with Crippen molar-refractivity contribution in [3.05, 3.63) is 228 Å². The zero-order valence-corrected chi connectivity index (χ0v) is 88.3. The Balaban J connectivity index is 0.000000314. The number of amides is 4. The number of aromatic nitrogens is 12. The molecular formula is C103H142N22O13S3. The van der Waals surface area contributed by atoms with Gasteiger partial charge < -0.3 is 46.6 Å². The Hall–Kier alpha value is -12.8. The molecule has 1 saturated heterocycles. The van der Waals surface area contributed by atoms with Crippen LogP contribution in [0.15, 0.2) is 155 Å². The molecule has 1 fully saturated rings. The molecule has 1 aliphatic heterocycles. The van der Waals surface area contributed by atoms with E-state index in [0.29, 0.717) is 54.4 Å². The molecule has 38 heteroatoms. The summed E-state index contributed by atoms with van der Waals surface area (Å²) in [6.07, 6.45) is 11.2. The van der Waals surface area contributed by atoms with Crippen LogP contribution in [0.25, 0.3) is 16.9 Å². The maximum atomic E-state index is 14.2. The van der Waals surface area contributed by atoms with Crippen molar-refractivity contribution in [2.45, 2.75) is 285 Å². The van der Waals surface area contributed by atoms with Crippen molar-refractivity contribution in [1.82, 2.24) is 74.1 Å². The van der Waals surface area contributed by atoms with Crippen LogP contribution in [0.4, 0.5) is 45.5 Å². The molecule has 760 valence electrons. The van der Waals surface area contributed by atoms with Crippen molar-refractivity contribution >= 4 is 119 Å². The first kappa shape index (κ1) is 117. The number of anilines is 8. The standard InChI is InChI=1S/C45H70N8O2.C28H39N7O3S.C27H33N7O.3CO.2O2S/c1-13-17-23-51(24-18-14-2)40(54)33-27-34(41(55)52(25-19-15-3)26-20-16-4)29-36(28-33)46-35-22-21-32(5)37(30-35)47-45(11,12)44(9,10)42-49-48-39-31-38(43(6,7)8)50-53(39)42;1-18(36)30-19-12-14-21(15-13-19)39(29,37,38)22-11-9-10-20(16-22)31-28(7,8)27(5,6)25-33-32-24-17-23(26(2,3)4)34-35(24)25;1-18-11-12-22(28-21-10-8-9-20(16-21)25(35)33-13-6-5-7-14-33)17-23(18)29-27(3,4)26-31-30-24-15-19(2)32-34(24)26;3*1-2;2*1-3-2/h21-22,27-31,46-47,50H,13-20,23-26H2,1-12H3;9-17,31,34H,1-8H3,(H,30,36)(H3,29,37,38);8-12,15-17,28-29,32H,5-7,13-14H2,1-4H3;;;;;. The topological polar surface area (TPSA) is 479 Å². The van der Waals surface area contributed by atoms with Gasteiger partial charge in [0.05, 0.1) is 15.3 Å². The van der Waals surface area contributed by atoms with Gasteiger partial charge >= 0.3 is 57.0 Å². The third kappa shape index (κ3) is 30.1. The SMILES string of the molecule is CC(=O)Nc1ccc(S(N)(=O)(O)c2cccc(NC(C)(C)C(C)(C)c3nnc4cc(C(C)(C)C)[nH]n34)c2)cc1.CCCCN(CCCC)C(=O)c1cc(Nc2ccc(C)c(NC(C)(C)C(C)(C)c3nnc4cc(C(C)(C)C)[nH]n34)c2)cc(C(=O)N(CCCC)CCCC)c1.Cc1cc2nnc(C(C)(C)Nc3cc(Nc4cccc(C(=O)N5CCCCC5)c4)ccc3C)n2[nH]1.O=S=O.O=S=O.[C-]#[O+].[C-]#[O+].[C-]#[O+]. The Morgan fingerprint density at radius 2 is 0.830 bits per heavy atom. The van der Waals surface area contributed by atoms with Crippen LogP contribution in [-0.4, -0.2) is 174 Å². The summed E-state index contributed by atoms with van der Waals surface area (Å²) in [7, 11) is -4.90. The van der Waals surface area contributed by atoms with Crippen molar-refractivity contribution < 1.29 is 58.7 Å². The number of piperidine rings is 1. The summed E-state index contributed by atoms with van der Waals surface area (Å²) in [5.74, 6) is 2.23. The number of hydrogen-bond donors (Lipinski definition) is 11. The molecule has 0 bridgehead atoms. The number of nitrogens with zero attached hydrogens (tertiary/aromatic N) is 12. The van der Waals surface area contributed by atoms with E-state index in [0.717, 1.165) is 174 Å². The van der Waals surface area contributed by atoms with Gasteiger partial charge in [0.1, 0.15) is 0 Å². The molecular weight excluding hydrogens is 1850 g/mol. The molecule has 6 aromatic carbocycles. The van der Waals surface area contributed by atoms with Gasteiger partial charge in [0, 0.05) is 176 Å². The van der Waals surface area contributed by atoms with Gasteiger partial charge in [-0.25, -0.2) is 18.7 Å². The van der Waals surface area contributed by atoms with Crippen LogP contribution in [0.2, 0.25) is 0 Å². The van der Waals surface area contributed by atoms with E-state index in [9.17, 15) is 27.9 Å². The molecule has 12 aromatic rings. The molecule has 4 amide bonds. The third-order valence-corrected chi connectivity index (χ3v) is 27.7. The number of rotatable bonds is 33. The van der Waals surface area contributed by atoms with E-state index in [2.05, 4.69) is 273 Å². The number of carbonyl (C=O) groups excluding carboxylic acids is 4. The molecule has 7 heterocycles. The van der Waals surface area contributed by atoms with Crippen molar-refractivity contribution in [2.24, 2.45) is 5.14 Å². The predicted octanol–water partition coefficient (Wildman–Crippen LogP) is 19.7. The Bertz CT molecular complexity index is 6320. The summed E-state index contributed by atoms with van der Waals surface area (Å²) in [4.78, 5) is 58.6. The van der Waals surface area contributed by atoms with Gasteiger partial charge in [-0.3, -0.25) is 39.0 Å². The van der Waals surface area contributed by atoms with Gasteiger partial charge in [-0.15, -0.1) is 30.6 Å². The maximum absolute atomic E-state index is 14.2. The fraction of sp³-hybridized carbons (Fsp3) is 0.466. The number of hydrogen-bond acceptors (Lipinski definition) is 20. The summed E-state index contributed by atoms with van der Waals surface area (Å²) < 4.78 is 86.7. The van der Waals surface area contributed by atoms with Crippen molar-refractivity contribution in [1.29, 1.82) is 0 Å². The predicted molar refractivity (Wildman–Crippen MR) is 554 cm³/mol. The quantitative estimate of drug-likeness (QED) is 0.0134. The summed E-state index contributed by atoms with van der Waals surface area (Å²) in [6.45, 7) is 68.4. The van der Waals surface area contributed by atoms with E-state index in [4.69, 9.17) is 35.9 Å². The number of fused-ring (bicyclic) bond motifs is 3. The Morgan fingerprint density at radius 1 is 0.447 bits per heavy atom. The van der Waals surface area contributed by atoms with E-state index < -0.39 is 60.1 Å². The van der Waals surface area contributed by atoms with Gasteiger partial charge in [-0.05, 0) is 222 Å². The molecule has 1 aliphatic rings. The number of aromatic amines is 3. The molecule has 12 N–H and O–H groups in total. The first-order chi connectivity index (χ1) is 66.4. The molecule has 0 atom stereocenters. The van der Waals surface area contributed by atoms with E-state index in [1.807, 2.05) is 116 Å². The number of carbonyl (C=O) groups is 4. The monoisotopic (exact) mass is 1990 g/mol. The second kappa shape index (κ2) is 51.0. The van der Waals surface area contributed by atoms with Crippen LogP contribution < -0.4 is 37.0 Å². The van der Waals surface area contributed by atoms with E-state index in [1.54, 1.807) is 24.3 Å². The van der Waals surface area contributed by atoms with Gasteiger partial charge in [0.25, 0.3) is 17.7 Å². The van der Waals surface area contributed by atoms with E-state index >= 15 is 0 Å². The number of nitrogens with two attached hydrogens (primary N) is 1. The van der Waals surface area contributed by atoms with E-state index in [1.165, 1.54) is 31.5 Å². The number of likely N-dealkylation sites (tertiary alicyclic amines) is 1. The molecule has 141 heavy (non-hydrogen) atoms. The van der Waals surface area contributed by atoms with Crippen molar-refractivity contribution in [3.8, 4) is 0 Å². The molecule has 0 saturated carbocycles. The summed E-state index contributed by atoms with van der Waals surface area (Å²) in [6, 6.07) is 44.6. The molecule has 0 unspecified atom stereocenters. The van der Waals surface area contributed by atoms with Gasteiger partial charge in [-0.1, -0.05) is 156 Å². The number of H-pyrrole nitrogens is 3. The summed E-state index contributed by atoms with van der Waals surface area (Å²) in [5, 5.41) is 64.0. The Labute approximate surface area is 835 Å². The first-order valence-corrected chi connectivity index (χ1v) is 50.4. The average molecular weight is 1990 g/mol. The number of benzene rings is 6. The van der Waals surface area contributed by atoms with Crippen molar-refractivity contribution in [2.75, 3.05) is 71.2 Å². The molecule has 0 spiro atoms. The number of unbranched alkanes of at least 4 members (excludes halogenated alkanes) is 4. The first-order valence-electron chi connectivity index (χ1n) is 47.1. The Morgan fingerprint density at radius 3 is 1.27 bits per heavy atom. The molecule has 13 rings (SSSR count). The summed E-state index contributed by atoms with van der Waals surface area (Å²) >= 11 is -1.50. The van der Waals surface area contributed by atoms with Crippen molar-refractivity contribution in [3.63, 3.8) is 0 Å². The normalized spacial score (nSPS) is 12.5. The molecule has 0 radical (unpaired) electrons. The van der Waals surface area contributed by atoms with E-state index in [-0.39, 0.29) is 44.2 Å². The second-order valence-corrected chi connectivity index (χ2v) is 42.9. The molecule has 6 aromatic heterocycles. The fourth-order valence-electron chi connectivity index (χ4n) is 15.7. The van der Waals surface area contributed by atoms with Gasteiger partial charge in [0.2, 0.25) is 5.91 Å². The third-order valence-electron chi connectivity index (χ3n) is 25.3. The fourth-order valence-corrected chi connectivity index (χ4v) is 17.3. The van der Waals surface area contributed by atoms with Crippen LogP contribution in [0.3, 0.4) is 0 Å². The minimum absolute atomic E-state index is 0.0252. The Kier molecular flexibility index (Phi) is 42.3.